The van der Waals surface area contributed by atoms with Gasteiger partial charge in [0.2, 0.25) is 0 Å². The zero-order valence-electron chi connectivity index (χ0n) is 12.0. The van der Waals surface area contributed by atoms with Gasteiger partial charge in [0.15, 0.2) is 12.4 Å². The van der Waals surface area contributed by atoms with E-state index in [9.17, 15) is 9.59 Å². The lowest BCUT2D eigenvalue weighted by molar-refractivity contribution is -0.694. The molecule has 0 unspecified atom stereocenters. The molecule has 112 valence electrons. The van der Waals surface area contributed by atoms with Gasteiger partial charge in [-0.05, 0) is 12.1 Å². The largest absolute Gasteiger partial charge is 0.286 e. The van der Waals surface area contributed by atoms with Crippen LogP contribution in [0.3, 0.4) is 0 Å². The van der Waals surface area contributed by atoms with Gasteiger partial charge in [0.05, 0.1) is 0 Å². The Morgan fingerprint density at radius 2 is 1.30 bits per heavy atom. The van der Waals surface area contributed by atoms with Gasteiger partial charge in [0, 0.05) is 36.9 Å². The molecule has 3 heterocycles. The molecule has 7 nitrogen and oxygen atoms in total. The first-order valence-corrected chi connectivity index (χ1v) is 7.06. The number of carbonyl (C=O) groups excluding carboxylic acids is 2. The second kappa shape index (κ2) is 5.13. The van der Waals surface area contributed by atoms with Crippen LogP contribution in [0.25, 0.3) is 11.4 Å². The molecule has 3 aromatic rings. The van der Waals surface area contributed by atoms with E-state index >= 15 is 0 Å². The number of hydrogen-bond donors (Lipinski definition) is 0. The number of hydrogen-bond acceptors (Lipinski definition) is 4. The van der Waals surface area contributed by atoms with Crippen molar-refractivity contribution < 1.29 is 14.2 Å². The minimum absolute atomic E-state index is 0.227. The third-order valence-corrected chi connectivity index (χ3v) is 3.69. The molecule has 1 aliphatic carbocycles. The van der Waals surface area contributed by atoms with Crippen LogP contribution in [-0.4, -0.2) is 31.1 Å². The second-order valence-corrected chi connectivity index (χ2v) is 5.05. The molecule has 0 saturated heterocycles. The summed E-state index contributed by atoms with van der Waals surface area (Å²) in [5.74, 6) is -0.610. The molecule has 0 saturated carbocycles. The SMILES string of the molecule is O=C1C(n2cccn2)=C(n2cccn2)C(=O)C1[n+]1ccccc1. The molecule has 0 spiro atoms. The number of ketones is 2. The Hall–Kier alpha value is -3.35. The molecule has 4 rings (SSSR count). The summed E-state index contributed by atoms with van der Waals surface area (Å²) in [5, 5.41) is 8.21. The maximum absolute atomic E-state index is 12.9. The predicted molar refractivity (Wildman–Crippen MR) is 79.5 cm³/mol. The summed E-state index contributed by atoms with van der Waals surface area (Å²) in [5.41, 5.74) is 0.454. The van der Waals surface area contributed by atoms with Gasteiger partial charge in [-0.15, -0.1) is 0 Å². The normalized spacial score (nSPS) is 15.7. The third-order valence-electron chi connectivity index (χ3n) is 3.69. The van der Waals surface area contributed by atoms with Gasteiger partial charge in [-0.25, -0.2) is 9.36 Å². The summed E-state index contributed by atoms with van der Waals surface area (Å²) < 4.78 is 4.44. The molecule has 0 amide bonds. The number of Topliss-reactive ketones (excluding diaryl/α,β-unsaturated/α-hetero) is 2. The maximum Gasteiger partial charge on any atom is 0.286 e. The number of rotatable bonds is 3. The molecular weight excluding hydrogens is 294 g/mol. The van der Waals surface area contributed by atoms with E-state index in [4.69, 9.17) is 0 Å². The summed E-state index contributed by atoms with van der Waals surface area (Å²) in [7, 11) is 0. The van der Waals surface area contributed by atoms with Gasteiger partial charge in [-0.1, -0.05) is 6.07 Å². The lowest BCUT2D eigenvalue weighted by atomic mass is 10.2. The van der Waals surface area contributed by atoms with Crippen molar-refractivity contribution >= 4 is 23.0 Å². The second-order valence-electron chi connectivity index (χ2n) is 5.05. The van der Waals surface area contributed by atoms with Crippen molar-refractivity contribution in [1.82, 2.24) is 19.6 Å². The summed E-state index contributed by atoms with van der Waals surface area (Å²) in [6.45, 7) is 0. The fourth-order valence-corrected chi connectivity index (χ4v) is 2.71. The first-order chi connectivity index (χ1) is 11.3. The quantitative estimate of drug-likeness (QED) is 0.524. The Kier molecular flexibility index (Phi) is 2.97. The minimum Gasteiger partial charge on any atom is -0.284 e. The predicted octanol–water partition coefficient (Wildman–Crippen LogP) is 0.586. The van der Waals surface area contributed by atoms with Crippen molar-refractivity contribution in [1.29, 1.82) is 0 Å². The lowest BCUT2D eigenvalue weighted by Crippen LogP contribution is -2.45. The van der Waals surface area contributed by atoms with Crippen LogP contribution in [0.4, 0.5) is 0 Å². The van der Waals surface area contributed by atoms with Crippen LogP contribution in [0.15, 0.2) is 67.5 Å². The Bertz CT molecular complexity index is 839. The lowest BCUT2D eigenvalue weighted by Gasteiger charge is -2.03. The van der Waals surface area contributed by atoms with E-state index < -0.39 is 6.04 Å². The Morgan fingerprint density at radius 3 is 1.74 bits per heavy atom. The molecule has 3 aromatic heterocycles. The maximum atomic E-state index is 12.9. The zero-order valence-corrected chi connectivity index (χ0v) is 12.0. The molecule has 7 heteroatoms. The zero-order chi connectivity index (χ0) is 15.8. The molecule has 0 atom stereocenters. The van der Waals surface area contributed by atoms with E-state index in [1.165, 1.54) is 9.36 Å². The van der Waals surface area contributed by atoms with E-state index in [1.54, 1.807) is 66.0 Å². The third kappa shape index (κ3) is 2.02. The fourth-order valence-electron chi connectivity index (χ4n) is 2.71. The minimum atomic E-state index is -0.936. The number of pyridine rings is 1. The summed E-state index contributed by atoms with van der Waals surface area (Å²) in [6, 6.07) is 7.86. The van der Waals surface area contributed by atoms with Gasteiger partial charge in [0.1, 0.15) is 11.4 Å². The van der Waals surface area contributed by atoms with Crippen molar-refractivity contribution in [3.8, 4) is 0 Å². The summed E-state index contributed by atoms with van der Waals surface area (Å²) in [6.07, 6.45) is 9.81. The van der Waals surface area contributed by atoms with Crippen molar-refractivity contribution in [2.45, 2.75) is 6.04 Å². The number of carbonyl (C=O) groups is 2. The van der Waals surface area contributed by atoms with E-state index in [0.29, 0.717) is 0 Å². The highest BCUT2D eigenvalue weighted by Gasteiger charge is 2.49. The Labute approximate surface area is 131 Å². The molecule has 0 aliphatic heterocycles. The molecule has 0 bridgehead atoms. The van der Waals surface area contributed by atoms with Gasteiger partial charge < -0.3 is 0 Å². The molecule has 0 radical (unpaired) electrons. The summed E-state index contributed by atoms with van der Waals surface area (Å²) in [4.78, 5) is 25.8. The van der Waals surface area contributed by atoms with E-state index in [-0.39, 0.29) is 23.0 Å². The van der Waals surface area contributed by atoms with Crippen molar-refractivity contribution in [2.24, 2.45) is 0 Å². The average molecular weight is 306 g/mol. The molecule has 1 aliphatic rings. The van der Waals surface area contributed by atoms with Crippen LogP contribution in [0.5, 0.6) is 0 Å². The van der Waals surface area contributed by atoms with Crippen LogP contribution in [0, 0.1) is 0 Å². The van der Waals surface area contributed by atoms with Crippen LogP contribution in [0.2, 0.25) is 0 Å². The summed E-state index contributed by atoms with van der Waals surface area (Å²) >= 11 is 0. The standard InChI is InChI=1S/C16H12N5O2/c22-15-12(20-10-4-6-17-20)13(21-11-5-7-18-21)16(23)14(15)19-8-2-1-3-9-19/h1-11,14H/q+1. The van der Waals surface area contributed by atoms with E-state index in [0.717, 1.165) is 0 Å². The van der Waals surface area contributed by atoms with Gasteiger partial charge in [-0.3, -0.25) is 9.59 Å². The highest BCUT2D eigenvalue weighted by molar-refractivity contribution is 6.47. The average Bonchev–Trinajstić information content (AvgIpc) is 3.29. The molecule has 23 heavy (non-hydrogen) atoms. The van der Waals surface area contributed by atoms with Crippen molar-refractivity contribution in [2.75, 3.05) is 0 Å². The topological polar surface area (TPSA) is 73.7 Å². The molecular formula is C16H12N5O2+. The van der Waals surface area contributed by atoms with E-state index in [1.807, 2.05) is 6.07 Å². The number of aromatic nitrogens is 5. The number of nitrogens with zero attached hydrogens (tertiary/aromatic N) is 5. The fraction of sp³-hybridized carbons (Fsp3) is 0.0625. The Balaban J connectivity index is 1.91. The first-order valence-electron chi connectivity index (χ1n) is 7.06. The molecule has 0 N–H and O–H groups in total. The molecule has 0 aromatic carbocycles. The van der Waals surface area contributed by atoms with Crippen LogP contribution < -0.4 is 4.57 Å². The van der Waals surface area contributed by atoms with Crippen LogP contribution in [0.1, 0.15) is 6.04 Å². The van der Waals surface area contributed by atoms with Gasteiger partial charge in [-0.2, -0.15) is 14.8 Å². The first kappa shape index (κ1) is 13.3. The van der Waals surface area contributed by atoms with Crippen molar-refractivity contribution in [3.05, 3.63) is 67.5 Å². The Morgan fingerprint density at radius 1 is 0.783 bits per heavy atom. The number of allylic oxidation sites excluding steroid dienone is 2. The van der Waals surface area contributed by atoms with E-state index in [2.05, 4.69) is 10.2 Å². The monoisotopic (exact) mass is 306 g/mol. The van der Waals surface area contributed by atoms with Crippen molar-refractivity contribution in [3.63, 3.8) is 0 Å². The van der Waals surface area contributed by atoms with Crippen LogP contribution >= 0.6 is 0 Å². The smallest absolute Gasteiger partial charge is 0.284 e. The highest BCUT2D eigenvalue weighted by atomic mass is 16.2. The molecule has 0 fully saturated rings. The van der Waals surface area contributed by atoms with Crippen LogP contribution in [-0.2, 0) is 9.59 Å². The van der Waals surface area contributed by atoms with Gasteiger partial charge >= 0.3 is 0 Å². The highest BCUT2D eigenvalue weighted by Crippen LogP contribution is 2.31. The van der Waals surface area contributed by atoms with Gasteiger partial charge in [0.25, 0.3) is 17.6 Å².